The van der Waals surface area contributed by atoms with Crippen molar-refractivity contribution in [3.63, 3.8) is 0 Å². The molecule has 0 aliphatic heterocycles. The lowest BCUT2D eigenvalue weighted by Gasteiger charge is -2.18. The van der Waals surface area contributed by atoms with E-state index in [0.29, 0.717) is 6.04 Å². The summed E-state index contributed by atoms with van der Waals surface area (Å²) in [6.45, 7) is 13.8. The Bertz CT molecular complexity index is 157. The van der Waals surface area contributed by atoms with Gasteiger partial charge in [-0.05, 0) is 73.5 Å². The summed E-state index contributed by atoms with van der Waals surface area (Å²) in [5.74, 6) is 0. The van der Waals surface area contributed by atoms with E-state index in [1.54, 1.807) is 0 Å². The van der Waals surface area contributed by atoms with Crippen LogP contribution in [0.15, 0.2) is 0 Å². The van der Waals surface area contributed by atoms with E-state index in [1.807, 2.05) is 7.05 Å². The largest absolute Gasteiger partial charge is 0.317 e. The number of unbranched alkanes of at least 4 members (excludes halogenated alkanes) is 1. The van der Waals surface area contributed by atoms with Crippen LogP contribution in [0.1, 0.15) is 68.2 Å². The first-order valence-corrected chi connectivity index (χ1v) is 8.05. The van der Waals surface area contributed by atoms with Gasteiger partial charge < -0.3 is 15.1 Å². The molecule has 0 aromatic heterocycles. The van der Waals surface area contributed by atoms with E-state index in [4.69, 9.17) is 0 Å². The molecule has 0 spiro atoms. The molecule has 0 heterocycles. The Hall–Kier alpha value is -0.120. The topological polar surface area (TPSA) is 18.5 Å². The van der Waals surface area contributed by atoms with Crippen LogP contribution >= 0.6 is 0 Å². The molecule has 1 unspecified atom stereocenters. The highest BCUT2D eigenvalue weighted by Gasteiger charge is 2.00. The Morgan fingerprint density at radius 2 is 1.43 bits per heavy atom. The fourth-order valence-electron chi connectivity index (χ4n) is 1.78. The Balaban J connectivity index is -0.000000140. The van der Waals surface area contributed by atoms with E-state index in [1.165, 1.54) is 51.9 Å². The quantitative estimate of drug-likeness (QED) is 0.648. The third-order valence-electron chi connectivity index (χ3n) is 3.46. The molecule has 0 saturated carbocycles. The molecule has 0 fully saturated rings. The van der Waals surface area contributed by atoms with Crippen molar-refractivity contribution in [2.45, 2.75) is 74.3 Å². The number of hydrogen-bond acceptors (Lipinski definition) is 3. The Morgan fingerprint density at radius 3 is 1.71 bits per heavy atom. The lowest BCUT2D eigenvalue weighted by atomic mass is 10.2. The summed E-state index contributed by atoms with van der Waals surface area (Å²) in [5.41, 5.74) is 0. The fraction of sp³-hybridized carbons (Fsp3) is 1.00. The standard InChI is InChI=1S/C10H24N2.C6H15N.2CH4/c1-5-12(6-2)9-7-8-10(3)11-4;1-4-5-6-7(2)3;;/h10-11H,5-9H2,1-4H3;4-6H2,1-3H3;2*1H4. The predicted octanol–water partition coefficient (Wildman–Crippen LogP) is 4.34. The summed E-state index contributed by atoms with van der Waals surface area (Å²) in [6.07, 6.45) is 5.22. The molecule has 0 aliphatic carbocycles. The molecule has 1 N–H and O–H groups in total. The van der Waals surface area contributed by atoms with Crippen LogP contribution in [0.3, 0.4) is 0 Å². The molecule has 3 nitrogen and oxygen atoms in total. The van der Waals surface area contributed by atoms with E-state index in [9.17, 15) is 0 Å². The molecule has 134 valence electrons. The zero-order chi connectivity index (χ0) is 15.1. The minimum absolute atomic E-state index is 0. The second-order valence-electron chi connectivity index (χ2n) is 5.52. The number of rotatable bonds is 10. The lowest BCUT2D eigenvalue weighted by Crippen LogP contribution is -2.27. The second kappa shape index (κ2) is 22.2. The van der Waals surface area contributed by atoms with Crippen molar-refractivity contribution in [3.05, 3.63) is 0 Å². The van der Waals surface area contributed by atoms with E-state index < -0.39 is 0 Å². The van der Waals surface area contributed by atoms with Crippen molar-refractivity contribution in [2.24, 2.45) is 0 Å². The normalized spacial score (nSPS) is 11.3. The fourth-order valence-corrected chi connectivity index (χ4v) is 1.78. The van der Waals surface area contributed by atoms with Crippen molar-refractivity contribution in [1.29, 1.82) is 0 Å². The van der Waals surface area contributed by atoms with Crippen molar-refractivity contribution in [2.75, 3.05) is 47.3 Å². The smallest absolute Gasteiger partial charge is 0.00362 e. The summed E-state index contributed by atoms with van der Waals surface area (Å²) in [5, 5.41) is 3.26. The lowest BCUT2D eigenvalue weighted by molar-refractivity contribution is 0.291. The first kappa shape index (κ1) is 29.0. The average Bonchev–Trinajstić information content (AvgIpc) is 2.41. The van der Waals surface area contributed by atoms with Crippen molar-refractivity contribution >= 4 is 0 Å². The Kier molecular flexibility index (Phi) is 30.6. The van der Waals surface area contributed by atoms with Crippen molar-refractivity contribution < 1.29 is 0 Å². The number of hydrogen-bond donors (Lipinski definition) is 1. The summed E-state index contributed by atoms with van der Waals surface area (Å²) in [6, 6.07) is 0.667. The zero-order valence-corrected chi connectivity index (χ0v) is 14.6. The van der Waals surface area contributed by atoms with E-state index in [2.05, 4.69) is 56.9 Å². The highest BCUT2D eigenvalue weighted by atomic mass is 15.1. The van der Waals surface area contributed by atoms with Gasteiger partial charge in [-0.25, -0.2) is 0 Å². The maximum absolute atomic E-state index is 3.26. The maximum atomic E-state index is 3.26. The van der Waals surface area contributed by atoms with Crippen LogP contribution in [0.4, 0.5) is 0 Å². The molecular formula is C18H47N3. The van der Waals surface area contributed by atoms with Gasteiger partial charge in [0.15, 0.2) is 0 Å². The molecule has 0 aromatic carbocycles. The van der Waals surface area contributed by atoms with Crippen molar-refractivity contribution in [1.82, 2.24) is 15.1 Å². The van der Waals surface area contributed by atoms with Crippen LogP contribution in [0.25, 0.3) is 0 Å². The average molecular weight is 306 g/mol. The molecule has 0 radical (unpaired) electrons. The van der Waals surface area contributed by atoms with Gasteiger partial charge in [-0.3, -0.25) is 0 Å². The minimum atomic E-state index is 0. The van der Waals surface area contributed by atoms with Crippen LogP contribution in [-0.2, 0) is 0 Å². The summed E-state index contributed by atoms with van der Waals surface area (Å²) in [7, 11) is 6.24. The van der Waals surface area contributed by atoms with Crippen LogP contribution in [-0.4, -0.2) is 63.2 Å². The summed E-state index contributed by atoms with van der Waals surface area (Å²) in [4.78, 5) is 4.69. The molecule has 0 amide bonds. The maximum Gasteiger partial charge on any atom is 0.00362 e. The van der Waals surface area contributed by atoms with E-state index >= 15 is 0 Å². The van der Waals surface area contributed by atoms with Gasteiger partial charge in [-0.1, -0.05) is 42.0 Å². The van der Waals surface area contributed by atoms with Gasteiger partial charge >= 0.3 is 0 Å². The van der Waals surface area contributed by atoms with Crippen LogP contribution in [0.2, 0.25) is 0 Å². The zero-order valence-electron chi connectivity index (χ0n) is 14.6. The first-order valence-electron chi connectivity index (χ1n) is 8.05. The van der Waals surface area contributed by atoms with Gasteiger partial charge in [0, 0.05) is 6.04 Å². The van der Waals surface area contributed by atoms with E-state index in [0.717, 1.165) is 0 Å². The first-order chi connectivity index (χ1) is 9.01. The van der Waals surface area contributed by atoms with Gasteiger partial charge in [-0.15, -0.1) is 0 Å². The second-order valence-corrected chi connectivity index (χ2v) is 5.52. The van der Waals surface area contributed by atoms with Gasteiger partial charge in [-0.2, -0.15) is 0 Å². The minimum Gasteiger partial charge on any atom is -0.317 e. The van der Waals surface area contributed by atoms with Gasteiger partial charge in [0.25, 0.3) is 0 Å². The van der Waals surface area contributed by atoms with E-state index in [-0.39, 0.29) is 14.9 Å². The molecular weight excluding hydrogens is 258 g/mol. The summed E-state index contributed by atoms with van der Waals surface area (Å²) >= 11 is 0. The third-order valence-corrected chi connectivity index (χ3v) is 3.46. The highest BCUT2D eigenvalue weighted by molar-refractivity contribution is 4.59. The van der Waals surface area contributed by atoms with Crippen molar-refractivity contribution in [3.8, 4) is 0 Å². The SMILES string of the molecule is C.C.CCCCN(C)C.CCN(CC)CCCC(C)NC. The molecule has 0 aromatic rings. The molecule has 3 heteroatoms. The van der Waals surface area contributed by atoms with Crippen LogP contribution < -0.4 is 5.32 Å². The molecule has 0 aliphatic rings. The highest BCUT2D eigenvalue weighted by Crippen LogP contribution is 1.98. The Labute approximate surface area is 137 Å². The number of nitrogens with zero attached hydrogens (tertiary/aromatic N) is 2. The molecule has 1 atom stereocenters. The monoisotopic (exact) mass is 305 g/mol. The molecule has 0 bridgehead atoms. The van der Waals surface area contributed by atoms with Crippen LogP contribution in [0, 0.1) is 0 Å². The van der Waals surface area contributed by atoms with Crippen LogP contribution in [0.5, 0.6) is 0 Å². The summed E-state index contributed by atoms with van der Waals surface area (Å²) < 4.78 is 0. The Morgan fingerprint density at radius 1 is 0.905 bits per heavy atom. The number of nitrogens with one attached hydrogen (secondary N) is 1. The molecule has 0 rings (SSSR count). The molecule has 0 saturated heterocycles. The molecule has 21 heavy (non-hydrogen) atoms. The van der Waals surface area contributed by atoms with Gasteiger partial charge in [0.2, 0.25) is 0 Å². The van der Waals surface area contributed by atoms with Gasteiger partial charge in [0.1, 0.15) is 0 Å². The predicted molar refractivity (Wildman–Crippen MR) is 102 cm³/mol. The van der Waals surface area contributed by atoms with Gasteiger partial charge in [0.05, 0.1) is 0 Å². The third kappa shape index (κ3) is 25.2.